The number of aldehydes is 1. The molecule has 2 saturated heterocycles. The summed E-state index contributed by atoms with van der Waals surface area (Å²) >= 11 is 0. The van der Waals surface area contributed by atoms with Gasteiger partial charge in [0, 0.05) is 44.3 Å². The molecule has 2 aliphatic heterocycles. The largest absolute Gasteiger partial charge is 0.378 e. The number of likely N-dealkylation sites (N-methyl/N-ethyl adjacent to an activating group) is 1. The SMILES string of the molecule is CC.CC(C)N1CCN(C)CC1.O=CCNc1cccc(C2CCC(=O)NC2=O)c1. The summed E-state index contributed by atoms with van der Waals surface area (Å²) in [6.45, 7) is 13.7. The molecule has 0 radical (unpaired) electrons. The first kappa shape index (κ1) is 25.8. The van der Waals surface area contributed by atoms with Gasteiger partial charge < -0.3 is 15.0 Å². The van der Waals surface area contributed by atoms with E-state index in [1.165, 1.54) is 26.2 Å². The number of carbonyl (C=O) groups excluding carboxylic acids is 3. The molecule has 1 atom stereocenters. The normalized spacial score (nSPS) is 19.7. The highest BCUT2D eigenvalue weighted by Gasteiger charge is 2.27. The summed E-state index contributed by atoms with van der Waals surface area (Å²) in [5.41, 5.74) is 1.65. The van der Waals surface area contributed by atoms with Gasteiger partial charge in [0.2, 0.25) is 11.8 Å². The minimum atomic E-state index is -0.291. The molecule has 30 heavy (non-hydrogen) atoms. The van der Waals surface area contributed by atoms with Crippen LogP contribution in [-0.4, -0.2) is 73.7 Å². The molecule has 1 aromatic carbocycles. The summed E-state index contributed by atoms with van der Waals surface area (Å²) in [6, 6.07) is 8.08. The number of benzene rings is 1. The fourth-order valence-corrected chi connectivity index (χ4v) is 3.37. The second-order valence-corrected chi connectivity index (χ2v) is 7.61. The fourth-order valence-electron chi connectivity index (χ4n) is 3.37. The third kappa shape index (κ3) is 8.63. The first-order valence-electron chi connectivity index (χ1n) is 10.9. The lowest BCUT2D eigenvalue weighted by atomic mass is 9.90. The molecule has 2 fully saturated rings. The van der Waals surface area contributed by atoms with Gasteiger partial charge >= 0.3 is 0 Å². The third-order valence-corrected chi connectivity index (χ3v) is 5.19. The number of rotatable bonds is 5. The highest BCUT2D eigenvalue weighted by Crippen LogP contribution is 2.26. The van der Waals surface area contributed by atoms with Gasteiger partial charge in [0.1, 0.15) is 6.29 Å². The van der Waals surface area contributed by atoms with E-state index in [2.05, 4.69) is 41.3 Å². The maximum absolute atomic E-state index is 11.7. The Kier molecular flexibility index (Phi) is 11.9. The fraction of sp³-hybridized carbons (Fsp3) is 0.609. The van der Waals surface area contributed by atoms with Crippen molar-refractivity contribution in [1.82, 2.24) is 15.1 Å². The number of carbonyl (C=O) groups is 3. The van der Waals surface area contributed by atoms with Crippen molar-refractivity contribution in [3.63, 3.8) is 0 Å². The van der Waals surface area contributed by atoms with Crippen molar-refractivity contribution in [2.24, 2.45) is 0 Å². The van der Waals surface area contributed by atoms with E-state index in [9.17, 15) is 14.4 Å². The van der Waals surface area contributed by atoms with Crippen LogP contribution in [0.5, 0.6) is 0 Å². The van der Waals surface area contributed by atoms with E-state index >= 15 is 0 Å². The predicted octanol–water partition coefficient (Wildman–Crippen LogP) is 2.49. The van der Waals surface area contributed by atoms with Gasteiger partial charge in [0.25, 0.3) is 0 Å². The van der Waals surface area contributed by atoms with Crippen molar-refractivity contribution >= 4 is 23.8 Å². The minimum absolute atomic E-state index is 0.216. The Hall–Kier alpha value is -2.25. The van der Waals surface area contributed by atoms with Crippen LogP contribution in [0.4, 0.5) is 5.69 Å². The van der Waals surface area contributed by atoms with Crippen LogP contribution in [0.2, 0.25) is 0 Å². The molecule has 0 aliphatic carbocycles. The van der Waals surface area contributed by atoms with E-state index in [1.54, 1.807) is 0 Å². The molecule has 0 aromatic heterocycles. The van der Waals surface area contributed by atoms with E-state index in [1.807, 2.05) is 38.1 Å². The number of nitrogens with one attached hydrogen (secondary N) is 2. The van der Waals surface area contributed by atoms with Gasteiger partial charge in [-0.2, -0.15) is 0 Å². The van der Waals surface area contributed by atoms with Crippen LogP contribution in [0.15, 0.2) is 24.3 Å². The topological polar surface area (TPSA) is 81.8 Å². The molecular formula is C23H38N4O3. The van der Waals surface area contributed by atoms with Crippen molar-refractivity contribution in [2.75, 3.05) is 45.1 Å². The molecule has 0 bridgehead atoms. The molecule has 2 amide bonds. The summed E-state index contributed by atoms with van der Waals surface area (Å²) in [5.74, 6) is -0.758. The summed E-state index contributed by atoms with van der Waals surface area (Å²) in [7, 11) is 2.19. The molecule has 0 saturated carbocycles. The van der Waals surface area contributed by atoms with Crippen LogP contribution in [0.1, 0.15) is 52.0 Å². The number of imide groups is 1. The Bertz CT molecular complexity index is 670. The number of piperidine rings is 1. The molecule has 0 spiro atoms. The summed E-state index contributed by atoms with van der Waals surface area (Å²) < 4.78 is 0. The number of amides is 2. The smallest absolute Gasteiger partial charge is 0.234 e. The average molecular weight is 419 g/mol. The maximum atomic E-state index is 11.7. The van der Waals surface area contributed by atoms with E-state index in [-0.39, 0.29) is 24.3 Å². The van der Waals surface area contributed by atoms with Crippen LogP contribution < -0.4 is 10.6 Å². The van der Waals surface area contributed by atoms with Crippen molar-refractivity contribution < 1.29 is 14.4 Å². The molecule has 7 heteroatoms. The number of hydrogen-bond acceptors (Lipinski definition) is 6. The average Bonchev–Trinajstić information content (AvgIpc) is 2.75. The lowest BCUT2D eigenvalue weighted by Crippen LogP contribution is -2.47. The number of piperazine rings is 1. The third-order valence-electron chi connectivity index (χ3n) is 5.19. The number of nitrogens with zero attached hydrogens (tertiary/aromatic N) is 2. The zero-order valence-electron chi connectivity index (χ0n) is 19.1. The zero-order valence-corrected chi connectivity index (χ0v) is 19.1. The van der Waals surface area contributed by atoms with Crippen LogP contribution >= 0.6 is 0 Å². The summed E-state index contributed by atoms with van der Waals surface area (Å²) in [6.07, 6.45) is 1.67. The Balaban J connectivity index is 0.000000318. The first-order valence-corrected chi connectivity index (χ1v) is 10.9. The summed E-state index contributed by atoms with van der Waals surface area (Å²) in [4.78, 5) is 38.0. The van der Waals surface area contributed by atoms with Crippen LogP contribution in [-0.2, 0) is 14.4 Å². The highest BCUT2D eigenvalue weighted by atomic mass is 16.2. The van der Waals surface area contributed by atoms with E-state index < -0.39 is 0 Å². The highest BCUT2D eigenvalue weighted by molar-refractivity contribution is 6.01. The van der Waals surface area contributed by atoms with Gasteiger partial charge in [-0.1, -0.05) is 26.0 Å². The molecule has 1 unspecified atom stereocenters. The molecule has 2 heterocycles. The monoisotopic (exact) mass is 418 g/mol. The number of anilines is 1. The Morgan fingerprint density at radius 1 is 1.17 bits per heavy atom. The molecule has 2 aliphatic rings. The van der Waals surface area contributed by atoms with E-state index in [4.69, 9.17) is 0 Å². The standard InChI is InChI=1S/C13H14N2O3.C8H18N2.C2H6/c16-7-6-14-10-3-1-2-9(8-10)11-4-5-12(17)15-13(11)18;1-8(2)10-6-4-9(3)5-7-10;1-2/h1-3,7-8,11,14H,4-6H2,(H,15,17,18);8H,4-7H2,1-3H3;1-2H3. The van der Waals surface area contributed by atoms with Crippen molar-refractivity contribution in [3.8, 4) is 0 Å². The molecule has 3 rings (SSSR count). The summed E-state index contributed by atoms with van der Waals surface area (Å²) in [5, 5.41) is 5.27. The second-order valence-electron chi connectivity index (χ2n) is 7.61. The quantitative estimate of drug-likeness (QED) is 0.565. The van der Waals surface area contributed by atoms with Crippen LogP contribution in [0.3, 0.4) is 0 Å². The number of hydrogen-bond donors (Lipinski definition) is 2. The van der Waals surface area contributed by atoms with Gasteiger partial charge in [-0.15, -0.1) is 0 Å². The van der Waals surface area contributed by atoms with Gasteiger partial charge in [-0.05, 0) is 45.0 Å². The second kappa shape index (κ2) is 13.9. The molecule has 2 N–H and O–H groups in total. The Morgan fingerprint density at radius 3 is 2.40 bits per heavy atom. The van der Waals surface area contributed by atoms with Crippen molar-refractivity contribution in [1.29, 1.82) is 0 Å². The maximum Gasteiger partial charge on any atom is 0.234 e. The lowest BCUT2D eigenvalue weighted by Gasteiger charge is -2.34. The van der Waals surface area contributed by atoms with Gasteiger partial charge in [0.15, 0.2) is 0 Å². The van der Waals surface area contributed by atoms with Gasteiger partial charge in [-0.25, -0.2) is 0 Å². The lowest BCUT2D eigenvalue weighted by molar-refractivity contribution is -0.134. The molecule has 7 nitrogen and oxygen atoms in total. The minimum Gasteiger partial charge on any atom is -0.378 e. The Morgan fingerprint density at radius 2 is 1.83 bits per heavy atom. The van der Waals surface area contributed by atoms with Crippen LogP contribution in [0.25, 0.3) is 0 Å². The van der Waals surface area contributed by atoms with Crippen LogP contribution in [0, 0.1) is 0 Å². The Labute approximate surface area is 181 Å². The first-order chi connectivity index (χ1) is 14.4. The predicted molar refractivity (Wildman–Crippen MR) is 122 cm³/mol. The van der Waals surface area contributed by atoms with Crippen molar-refractivity contribution in [3.05, 3.63) is 29.8 Å². The van der Waals surface area contributed by atoms with Gasteiger partial charge in [-0.3, -0.25) is 19.8 Å². The molecule has 1 aromatic rings. The van der Waals surface area contributed by atoms with E-state index in [0.29, 0.717) is 12.8 Å². The van der Waals surface area contributed by atoms with Gasteiger partial charge in [0.05, 0.1) is 12.5 Å². The van der Waals surface area contributed by atoms with E-state index in [0.717, 1.165) is 23.6 Å². The van der Waals surface area contributed by atoms with Crippen molar-refractivity contribution in [2.45, 2.75) is 52.5 Å². The molecule has 168 valence electrons. The molecular weight excluding hydrogens is 380 g/mol. The zero-order chi connectivity index (χ0) is 22.5.